The van der Waals surface area contributed by atoms with E-state index in [1.54, 1.807) is 44.4 Å². The molecule has 10 heteroatoms. The lowest BCUT2D eigenvalue weighted by molar-refractivity contribution is -0.146. The Morgan fingerprint density at radius 2 is 1.66 bits per heavy atom. The molecule has 0 radical (unpaired) electrons. The first-order chi connectivity index (χ1) is 19.7. The number of piperidine rings is 1. The number of halogens is 1. The summed E-state index contributed by atoms with van der Waals surface area (Å²) in [5, 5.41) is 3.35. The lowest BCUT2D eigenvalue weighted by Gasteiger charge is -2.36. The fraction of sp³-hybridized carbons (Fsp3) is 0.452. The number of carbonyl (C=O) groups is 2. The summed E-state index contributed by atoms with van der Waals surface area (Å²) in [6.45, 7) is 8.70. The minimum absolute atomic E-state index is 0.00248. The third-order valence-electron chi connectivity index (χ3n) is 7.81. The molecule has 2 amide bonds. The largest absolute Gasteiger partial charge is 0.497 e. The van der Waals surface area contributed by atoms with Crippen LogP contribution in [0.3, 0.4) is 0 Å². The summed E-state index contributed by atoms with van der Waals surface area (Å²) in [5.74, 6) is 1.54. The molecule has 2 saturated heterocycles. The Balaban J connectivity index is 1.10. The average molecular weight is 597 g/mol. The molecule has 2 aliphatic rings. The Bertz CT molecular complexity index is 1350. The van der Waals surface area contributed by atoms with E-state index < -0.39 is 5.60 Å². The molecule has 3 aromatic rings. The number of likely N-dealkylation sites (tertiary alicyclic amines) is 1. The molecule has 8 nitrogen and oxygen atoms in total. The third kappa shape index (κ3) is 7.02. The Hall–Kier alpha value is -3.14. The van der Waals surface area contributed by atoms with Crippen LogP contribution in [0.5, 0.6) is 11.5 Å². The van der Waals surface area contributed by atoms with Crippen LogP contribution in [0.2, 0.25) is 5.02 Å². The van der Waals surface area contributed by atoms with E-state index in [1.807, 2.05) is 39.4 Å². The Morgan fingerprint density at radius 1 is 0.976 bits per heavy atom. The van der Waals surface area contributed by atoms with Gasteiger partial charge in [0.1, 0.15) is 17.2 Å². The highest BCUT2D eigenvalue weighted by Gasteiger charge is 2.37. The van der Waals surface area contributed by atoms with Crippen LogP contribution < -0.4 is 9.47 Å². The van der Waals surface area contributed by atoms with Crippen LogP contribution in [0.4, 0.5) is 0 Å². The van der Waals surface area contributed by atoms with Gasteiger partial charge in [0, 0.05) is 57.1 Å². The highest BCUT2D eigenvalue weighted by Crippen LogP contribution is 2.33. The first-order valence-electron chi connectivity index (χ1n) is 14.1. The maximum Gasteiger partial charge on any atom is 0.273 e. The number of ether oxygens (including phenoxy) is 2. The summed E-state index contributed by atoms with van der Waals surface area (Å²) >= 11 is 7.79. The van der Waals surface area contributed by atoms with Gasteiger partial charge in [-0.05, 0) is 56.5 Å². The second kappa shape index (κ2) is 12.8. The van der Waals surface area contributed by atoms with Crippen LogP contribution in [0.25, 0.3) is 0 Å². The minimum Gasteiger partial charge on any atom is -0.497 e. The number of piperazine rings is 1. The van der Waals surface area contributed by atoms with Gasteiger partial charge in [0.2, 0.25) is 0 Å². The van der Waals surface area contributed by atoms with E-state index in [0.29, 0.717) is 42.6 Å². The zero-order valence-electron chi connectivity index (χ0n) is 23.8. The van der Waals surface area contributed by atoms with E-state index in [1.165, 1.54) is 5.56 Å². The maximum atomic E-state index is 13.3. The van der Waals surface area contributed by atoms with Crippen molar-refractivity contribution in [1.29, 1.82) is 0 Å². The second-order valence-electron chi connectivity index (χ2n) is 11.1. The van der Waals surface area contributed by atoms with Gasteiger partial charge in [-0.1, -0.05) is 35.9 Å². The summed E-state index contributed by atoms with van der Waals surface area (Å²) in [4.78, 5) is 37.4. The highest BCUT2D eigenvalue weighted by atomic mass is 35.5. The molecular formula is C31H37ClN4O4S. The van der Waals surface area contributed by atoms with Crippen LogP contribution in [-0.4, -0.2) is 83.5 Å². The van der Waals surface area contributed by atoms with Gasteiger partial charge in [-0.15, -0.1) is 11.3 Å². The van der Waals surface area contributed by atoms with Crippen LogP contribution in [-0.2, 0) is 11.3 Å². The number of methoxy groups -OCH3 is 1. The highest BCUT2D eigenvalue weighted by molar-refractivity contribution is 7.09. The van der Waals surface area contributed by atoms with Crippen molar-refractivity contribution >= 4 is 34.8 Å². The van der Waals surface area contributed by atoms with Gasteiger partial charge in [0.05, 0.1) is 17.1 Å². The molecule has 0 aliphatic carbocycles. The van der Waals surface area contributed by atoms with Crippen LogP contribution >= 0.6 is 22.9 Å². The molecule has 2 aromatic carbocycles. The van der Waals surface area contributed by atoms with Gasteiger partial charge in [-0.25, -0.2) is 4.98 Å². The molecule has 41 heavy (non-hydrogen) atoms. The molecular weight excluding hydrogens is 560 g/mol. The third-order valence-corrected chi connectivity index (χ3v) is 9.13. The molecule has 0 spiro atoms. The number of nitrogens with zero attached hydrogens (tertiary/aromatic N) is 4. The van der Waals surface area contributed by atoms with Crippen molar-refractivity contribution in [3.05, 3.63) is 75.2 Å². The van der Waals surface area contributed by atoms with Gasteiger partial charge >= 0.3 is 0 Å². The first-order valence-corrected chi connectivity index (χ1v) is 15.3. The number of thiazole rings is 1. The fourth-order valence-electron chi connectivity index (χ4n) is 5.39. The zero-order chi connectivity index (χ0) is 29.0. The summed E-state index contributed by atoms with van der Waals surface area (Å²) < 4.78 is 11.3. The molecule has 3 heterocycles. The monoisotopic (exact) mass is 596 g/mol. The van der Waals surface area contributed by atoms with Crippen molar-refractivity contribution in [2.45, 2.75) is 44.8 Å². The Kier molecular flexibility index (Phi) is 9.16. The fourth-order valence-corrected chi connectivity index (χ4v) is 6.53. The van der Waals surface area contributed by atoms with E-state index >= 15 is 0 Å². The smallest absolute Gasteiger partial charge is 0.273 e. The summed E-state index contributed by atoms with van der Waals surface area (Å²) in [7, 11) is 1.67. The number of amides is 2. The zero-order valence-corrected chi connectivity index (χ0v) is 25.4. The Morgan fingerprint density at radius 3 is 2.32 bits per heavy atom. The maximum absolute atomic E-state index is 13.3. The molecule has 2 aliphatic heterocycles. The number of aromatic nitrogens is 1. The predicted octanol–water partition coefficient (Wildman–Crippen LogP) is 5.33. The number of para-hydroxylation sites is 1. The van der Waals surface area contributed by atoms with Crippen molar-refractivity contribution < 1.29 is 19.1 Å². The van der Waals surface area contributed by atoms with Crippen LogP contribution in [0.1, 0.15) is 53.7 Å². The molecule has 0 bridgehead atoms. The average Bonchev–Trinajstić information content (AvgIpc) is 3.49. The van der Waals surface area contributed by atoms with Crippen LogP contribution in [0, 0.1) is 0 Å². The summed E-state index contributed by atoms with van der Waals surface area (Å²) in [6, 6.07) is 15.3. The summed E-state index contributed by atoms with van der Waals surface area (Å²) in [5.41, 5.74) is 0.734. The van der Waals surface area contributed by atoms with Crippen molar-refractivity contribution in [2.24, 2.45) is 0 Å². The van der Waals surface area contributed by atoms with E-state index in [9.17, 15) is 9.59 Å². The normalized spacial score (nSPS) is 17.0. The number of carbonyl (C=O) groups excluding carboxylic acids is 2. The predicted molar refractivity (Wildman–Crippen MR) is 161 cm³/mol. The van der Waals surface area contributed by atoms with Gasteiger partial charge < -0.3 is 19.3 Å². The van der Waals surface area contributed by atoms with E-state index in [-0.39, 0.29) is 17.7 Å². The summed E-state index contributed by atoms with van der Waals surface area (Å²) in [6.07, 6.45) is 1.61. The minimum atomic E-state index is -1.03. The van der Waals surface area contributed by atoms with Gasteiger partial charge in [0.15, 0.2) is 5.60 Å². The first kappa shape index (κ1) is 29.4. The van der Waals surface area contributed by atoms with Gasteiger partial charge in [-0.3, -0.25) is 14.5 Å². The molecule has 0 unspecified atom stereocenters. The molecule has 2 fully saturated rings. The molecule has 5 rings (SSSR count). The Labute approximate surface area is 250 Å². The SMILES string of the molecule is COc1ccc(CN2CCN(C(=O)c3csc(C4CCN(C(=O)C(C)(C)Oc5ccccc5Cl)CC4)n3)CC2)cc1. The van der Waals surface area contributed by atoms with Crippen LogP contribution in [0.15, 0.2) is 53.9 Å². The van der Waals surface area contributed by atoms with Crippen molar-refractivity contribution in [3.63, 3.8) is 0 Å². The van der Waals surface area contributed by atoms with Crippen molar-refractivity contribution in [1.82, 2.24) is 19.7 Å². The number of hydrogen-bond donors (Lipinski definition) is 0. The van der Waals surface area contributed by atoms with Gasteiger partial charge in [-0.2, -0.15) is 0 Å². The number of hydrogen-bond acceptors (Lipinski definition) is 7. The number of rotatable bonds is 8. The lowest BCUT2D eigenvalue weighted by Crippen LogP contribution is -2.51. The molecule has 0 atom stereocenters. The molecule has 1 aromatic heterocycles. The lowest BCUT2D eigenvalue weighted by atomic mass is 9.96. The standard InChI is InChI=1S/C31H37ClN4O4S/c1-31(2,40-27-7-5-4-6-25(27)32)30(38)36-14-12-23(13-15-36)28-33-26(21-41-28)29(37)35-18-16-34(17-19-35)20-22-8-10-24(39-3)11-9-22/h4-11,21,23H,12-20H2,1-3H3. The molecule has 0 N–H and O–H groups in total. The quantitative estimate of drug-likeness (QED) is 0.350. The number of benzene rings is 2. The molecule has 0 saturated carbocycles. The van der Waals surface area contributed by atoms with E-state index in [2.05, 4.69) is 17.0 Å². The van der Waals surface area contributed by atoms with E-state index in [0.717, 1.165) is 43.2 Å². The van der Waals surface area contributed by atoms with Crippen molar-refractivity contribution in [2.75, 3.05) is 46.4 Å². The second-order valence-corrected chi connectivity index (χ2v) is 12.4. The van der Waals surface area contributed by atoms with Gasteiger partial charge in [0.25, 0.3) is 11.8 Å². The van der Waals surface area contributed by atoms with Crippen molar-refractivity contribution in [3.8, 4) is 11.5 Å². The topological polar surface area (TPSA) is 75.2 Å². The molecule has 218 valence electrons. The van der Waals surface area contributed by atoms with E-state index in [4.69, 9.17) is 26.1 Å².